The van der Waals surface area contributed by atoms with Gasteiger partial charge >= 0.3 is 5.97 Å². The van der Waals surface area contributed by atoms with Crippen molar-refractivity contribution in [1.29, 1.82) is 0 Å². The number of nitrogens with one attached hydrogen (secondary N) is 1. The molecule has 0 radical (unpaired) electrons. The van der Waals surface area contributed by atoms with Gasteiger partial charge in [0.1, 0.15) is 6.04 Å². The average Bonchev–Trinajstić information content (AvgIpc) is 2.02. The van der Waals surface area contributed by atoms with Crippen LogP contribution in [0.5, 0.6) is 0 Å². The molecule has 0 aliphatic rings. The Bertz CT molecular complexity index is 178. The van der Waals surface area contributed by atoms with E-state index in [1.165, 1.54) is 0 Å². The van der Waals surface area contributed by atoms with Crippen LogP contribution < -0.4 is 5.32 Å². The first-order chi connectivity index (χ1) is 6.43. The zero-order chi connectivity index (χ0) is 11.2. The monoisotopic (exact) mass is 201 g/mol. The SMILES string of the molecule is CCCC(NC(C)(C)CCC)C(=O)O. The van der Waals surface area contributed by atoms with Crippen molar-refractivity contribution in [1.82, 2.24) is 5.32 Å². The first-order valence-corrected chi connectivity index (χ1v) is 5.43. The summed E-state index contributed by atoms with van der Waals surface area (Å²) in [5.41, 5.74) is -0.0764. The minimum absolute atomic E-state index is 0.0764. The molecule has 0 spiro atoms. The molecule has 0 amide bonds. The normalized spacial score (nSPS) is 14.0. The van der Waals surface area contributed by atoms with Crippen molar-refractivity contribution in [3.63, 3.8) is 0 Å². The van der Waals surface area contributed by atoms with E-state index in [0.29, 0.717) is 6.42 Å². The molecule has 1 atom stereocenters. The van der Waals surface area contributed by atoms with Crippen molar-refractivity contribution < 1.29 is 9.90 Å². The highest BCUT2D eigenvalue weighted by Crippen LogP contribution is 2.13. The van der Waals surface area contributed by atoms with Gasteiger partial charge in [0.15, 0.2) is 0 Å². The van der Waals surface area contributed by atoms with Crippen LogP contribution in [0, 0.1) is 0 Å². The summed E-state index contributed by atoms with van der Waals surface area (Å²) in [6.45, 7) is 8.23. The van der Waals surface area contributed by atoms with Gasteiger partial charge in [-0.3, -0.25) is 10.1 Å². The van der Waals surface area contributed by atoms with E-state index >= 15 is 0 Å². The molecule has 0 aromatic heterocycles. The van der Waals surface area contributed by atoms with Gasteiger partial charge in [0, 0.05) is 5.54 Å². The maximum Gasteiger partial charge on any atom is 0.320 e. The average molecular weight is 201 g/mol. The van der Waals surface area contributed by atoms with Gasteiger partial charge in [-0.1, -0.05) is 26.7 Å². The van der Waals surface area contributed by atoms with E-state index < -0.39 is 12.0 Å². The lowest BCUT2D eigenvalue weighted by molar-refractivity contribution is -0.140. The number of rotatable bonds is 7. The van der Waals surface area contributed by atoms with Crippen molar-refractivity contribution in [2.24, 2.45) is 0 Å². The van der Waals surface area contributed by atoms with Crippen LogP contribution in [-0.2, 0) is 4.79 Å². The van der Waals surface area contributed by atoms with Crippen LogP contribution >= 0.6 is 0 Å². The Morgan fingerprint density at radius 3 is 2.29 bits per heavy atom. The van der Waals surface area contributed by atoms with Gasteiger partial charge < -0.3 is 5.11 Å². The Morgan fingerprint density at radius 1 is 1.36 bits per heavy atom. The second-order valence-corrected chi connectivity index (χ2v) is 4.46. The third-order valence-electron chi connectivity index (χ3n) is 2.32. The quantitative estimate of drug-likeness (QED) is 0.665. The highest BCUT2D eigenvalue weighted by molar-refractivity contribution is 5.73. The minimum atomic E-state index is -0.740. The molecule has 0 saturated heterocycles. The van der Waals surface area contributed by atoms with Gasteiger partial charge in [-0.15, -0.1) is 0 Å². The third-order valence-corrected chi connectivity index (χ3v) is 2.32. The lowest BCUT2D eigenvalue weighted by atomic mass is 9.96. The lowest BCUT2D eigenvalue weighted by Crippen LogP contribution is -2.49. The summed E-state index contributed by atoms with van der Waals surface area (Å²) in [6.07, 6.45) is 3.66. The molecule has 0 bridgehead atoms. The number of carboxylic acid groups (broad SMARTS) is 1. The van der Waals surface area contributed by atoms with E-state index in [0.717, 1.165) is 19.3 Å². The van der Waals surface area contributed by atoms with Crippen LogP contribution in [0.1, 0.15) is 53.4 Å². The Labute approximate surface area is 86.9 Å². The standard InChI is InChI=1S/C11H23NO2/c1-5-7-9(10(13)14)12-11(3,4)8-6-2/h9,12H,5-8H2,1-4H3,(H,13,14). The van der Waals surface area contributed by atoms with E-state index in [9.17, 15) is 4.79 Å². The number of hydrogen-bond acceptors (Lipinski definition) is 2. The summed E-state index contributed by atoms with van der Waals surface area (Å²) in [5.74, 6) is -0.740. The zero-order valence-electron chi connectivity index (χ0n) is 9.76. The second-order valence-electron chi connectivity index (χ2n) is 4.46. The summed E-state index contributed by atoms with van der Waals surface area (Å²) in [5, 5.41) is 12.2. The summed E-state index contributed by atoms with van der Waals surface area (Å²) < 4.78 is 0. The van der Waals surface area contributed by atoms with E-state index in [1.807, 2.05) is 6.92 Å². The van der Waals surface area contributed by atoms with Crippen molar-refractivity contribution >= 4 is 5.97 Å². The maximum absolute atomic E-state index is 10.9. The molecule has 0 aromatic rings. The minimum Gasteiger partial charge on any atom is -0.480 e. The van der Waals surface area contributed by atoms with Crippen LogP contribution in [0.15, 0.2) is 0 Å². The fourth-order valence-electron chi connectivity index (χ4n) is 1.71. The van der Waals surface area contributed by atoms with Gasteiger partial charge in [-0.25, -0.2) is 0 Å². The maximum atomic E-state index is 10.9. The Morgan fingerprint density at radius 2 is 1.93 bits per heavy atom. The lowest BCUT2D eigenvalue weighted by Gasteiger charge is -2.29. The molecule has 0 heterocycles. The molecular weight excluding hydrogens is 178 g/mol. The molecule has 0 fully saturated rings. The largest absolute Gasteiger partial charge is 0.480 e. The highest BCUT2D eigenvalue weighted by Gasteiger charge is 2.24. The van der Waals surface area contributed by atoms with Crippen molar-refractivity contribution in [3.05, 3.63) is 0 Å². The van der Waals surface area contributed by atoms with E-state index in [4.69, 9.17) is 5.11 Å². The first kappa shape index (κ1) is 13.4. The smallest absolute Gasteiger partial charge is 0.320 e. The highest BCUT2D eigenvalue weighted by atomic mass is 16.4. The van der Waals surface area contributed by atoms with Gasteiger partial charge in [0.05, 0.1) is 0 Å². The van der Waals surface area contributed by atoms with Crippen molar-refractivity contribution in [3.8, 4) is 0 Å². The van der Waals surface area contributed by atoms with Crippen molar-refractivity contribution in [2.45, 2.75) is 65.0 Å². The Kier molecular flexibility index (Phi) is 5.77. The van der Waals surface area contributed by atoms with Crippen LogP contribution in [0.4, 0.5) is 0 Å². The third kappa shape index (κ3) is 5.22. The van der Waals surface area contributed by atoms with E-state index in [-0.39, 0.29) is 5.54 Å². The molecule has 0 rings (SSSR count). The predicted molar refractivity (Wildman–Crippen MR) is 58.5 cm³/mol. The Hall–Kier alpha value is -0.570. The molecule has 0 aliphatic carbocycles. The van der Waals surface area contributed by atoms with E-state index in [2.05, 4.69) is 26.1 Å². The molecule has 14 heavy (non-hydrogen) atoms. The summed E-state index contributed by atoms with van der Waals surface area (Å²) in [4.78, 5) is 10.9. The summed E-state index contributed by atoms with van der Waals surface area (Å²) in [7, 11) is 0. The molecule has 1 unspecified atom stereocenters. The fourth-order valence-corrected chi connectivity index (χ4v) is 1.71. The second kappa shape index (κ2) is 6.02. The summed E-state index contributed by atoms with van der Waals surface area (Å²) in [6, 6.07) is -0.401. The number of hydrogen-bond donors (Lipinski definition) is 2. The van der Waals surface area contributed by atoms with E-state index in [1.54, 1.807) is 0 Å². The molecule has 84 valence electrons. The van der Waals surface area contributed by atoms with Crippen LogP contribution in [0.25, 0.3) is 0 Å². The van der Waals surface area contributed by atoms with Gasteiger partial charge in [0.2, 0.25) is 0 Å². The van der Waals surface area contributed by atoms with Gasteiger partial charge in [-0.2, -0.15) is 0 Å². The molecule has 0 aromatic carbocycles. The summed E-state index contributed by atoms with van der Waals surface area (Å²) >= 11 is 0. The van der Waals surface area contributed by atoms with Crippen molar-refractivity contribution in [2.75, 3.05) is 0 Å². The molecule has 0 aliphatic heterocycles. The fraction of sp³-hybridized carbons (Fsp3) is 0.909. The molecular formula is C11H23NO2. The molecule has 0 saturated carbocycles. The predicted octanol–water partition coefficient (Wildman–Crippen LogP) is 2.41. The number of aliphatic carboxylic acids is 1. The molecule has 2 N–H and O–H groups in total. The van der Waals surface area contributed by atoms with Gasteiger partial charge in [-0.05, 0) is 26.7 Å². The Balaban J connectivity index is 4.20. The molecule has 3 nitrogen and oxygen atoms in total. The zero-order valence-corrected chi connectivity index (χ0v) is 9.76. The number of carbonyl (C=O) groups is 1. The molecule has 3 heteroatoms. The van der Waals surface area contributed by atoms with Crippen LogP contribution in [0.3, 0.4) is 0 Å². The first-order valence-electron chi connectivity index (χ1n) is 5.43. The number of carboxylic acids is 1. The topological polar surface area (TPSA) is 49.3 Å². The van der Waals surface area contributed by atoms with Crippen LogP contribution in [0.2, 0.25) is 0 Å². The van der Waals surface area contributed by atoms with Gasteiger partial charge in [0.25, 0.3) is 0 Å². The van der Waals surface area contributed by atoms with Crippen LogP contribution in [-0.4, -0.2) is 22.7 Å².